The van der Waals surface area contributed by atoms with Crippen molar-refractivity contribution in [2.45, 2.75) is 13.5 Å². The van der Waals surface area contributed by atoms with E-state index < -0.39 is 0 Å². The van der Waals surface area contributed by atoms with Crippen molar-refractivity contribution in [1.29, 1.82) is 0 Å². The zero-order valence-corrected chi connectivity index (χ0v) is 12.6. The average molecular weight is 329 g/mol. The Kier molecular flexibility index (Phi) is 3.92. The van der Waals surface area contributed by atoms with E-state index in [1.807, 2.05) is 17.3 Å². The van der Waals surface area contributed by atoms with Crippen molar-refractivity contribution < 1.29 is 4.39 Å². The lowest BCUT2D eigenvalue weighted by Crippen LogP contribution is -2.17. The van der Waals surface area contributed by atoms with Gasteiger partial charge in [0.25, 0.3) is 0 Å². The van der Waals surface area contributed by atoms with Crippen LogP contribution in [0.1, 0.15) is 10.4 Å². The Hall–Kier alpha value is -1.07. The minimum absolute atomic E-state index is 0.261. The van der Waals surface area contributed by atoms with E-state index in [2.05, 4.69) is 22.0 Å². The van der Waals surface area contributed by atoms with E-state index in [4.69, 9.17) is 5.73 Å². The van der Waals surface area contributed by atoms with E-state index in [0.29, 0.717) is 11.3 Å². The van der Waals surface area contributed by atoms with Crippen LogP contribution in [0.15, 0.2) is 28.1 Å². The van der Waals surface area contributed by atoms with E-state index in [9.17, 15) is 4.39 Å². The fraction of sp³-hybridized carbons (Fsp3) is 0.231. The maximum atomic E-state index is 13.4. The number of thiophene rings is 1. The van der Waals surface area contributed by atoms with E-state index in [-0.39, 0.29) is 5.82 Å². The molecule has 0 bridgehead atoms. The molecule has 2 nitrogen and oxygen atoms in total. The summed E-state index contributed by atoms with van der Waals surface area (Å²) in [5, 5.41) is 2.04. The highest BCUT2D eigenvalue weighted by atomic mass is 79.9. The Bertz CT molecular complexity index is 568. The third-order valence-electron chi connectivity index (χ3n) is 2.73. The zero-order chi connectivity index (χ0) is 13.3. The van der Waals surface area contributed by atoms with Gasteiger partial charge in [0.05, 0.1) is 17.9 Å². The molecule has 96 valence electrons. The van der Waals surface area contributed by atoms with Crippen molar-refractivity contribution in [2.24, 2.45) is 0 Å². The first kappa shape index (κ1) is 13.4. The Labute approximate surface area is 118 Å². The second kappa shape index (κ2) is 5.28. The number of aryl methyl sites for hydroxylation is 1. The van der Waals surface area contributed by atoms with Crippen LogP contribution in [0.4, 0.5) is 15.8 Å². The molecule has 1 heterocycles. The maximum Gasteiger partial charge on any atom is 0.128 e. The molecule has 0 aliphatic carbocycles. The molecule has 0 aliphatic heterocycles. The SMILES string of the molecule is Cc1cc(N(C)Cc2cc(Br)cs2)c(N)cc1F. The molecule has 0 amide bonds. The monoisotopic (exact) mass is 328 g/mol. The molecule has 0 unspecified atom stereocenters. The first-order chi connectivity index (χ1) is 8.47. The Balaban J connectivity index is 2.23. The van der Waals surface area contributed by atoms with E-state index in [1.165, 1.54) is 10.9 Å². The zero-order valence-electron chi connectivity index (χ0n) is 10.2. The summed E-state index contributed by atoms with van der Waals surface area (Å²) in [4.78, 5) is 3.26. The molecule has 1 aromatic heterocycles. The van der Waals surface area contributed by atoms with Crippen molar-refractivity contribution >= 4 is 38.6 Å². The minimum Gasteiger partial charge on any atom is -0.397 e. The summed E-state index contributed by atoms with van der Waals surface area (Å²) in [6.45, 7) is 2.50. The molecule has 0 fully saturated rings. The summed E-state index contributed by atoms with van der Waals surface area (Å²) in [7, 11) is 1.96. The van der Waals surface area contributed by atoms with Crippen LogP contribution in [-0.2, 0) is 6.54 Å². The molecule has 2 N–H and O–H groups in total. The van der Waals surface area contributed by atoms with Gasteiger partial charge in [0, 0.05) is 21.8 Å². The van der Waals surface area contributed by atoms with Gasteiger partial charge < -0.3 is 10.6 Å². The number of nitrogens with zero attached hydrogens (tertiary/aromatic N) is 1. The maximum absolute atomic E-state index is 13.4. The second-order valence-electron chi connectivity index (χ2n) is 4.25. The quantitative estimate of drug-likeness (QED) is 0.856. The summed E-state index contributed by atoms with van der Waals surface area (Å²) in [6, 6.07) is 5.24. The van der Waals surface area contributed by atoms with Gasteiger partial charge in [-0.2, -0.15) is 0 Å². The van der Waals surface area contributed by atoms with Crippen LogP contribution in [0.2, 0.25) is 0 Å². The number of nitrogen functional groups attached to an aromatic ring is 1. The number of anilines is 2. The highest BCUT2D eigenvalue weighted by molar-refractivity contribution is 9.10. The summed E-state index contributed by atoms with van der Waals surface area (Å²) in [6.07, 6.45) is 0. The average Bonchev–Trinajstić information content (AvgIpc) is 2.69. The van der Waals surface area contributed by atoms with Crippen molar-refractivity contribution in [3.8, 4) is 0 Å². The molecule has 2 aromatic rings. The fourth-order valence-corrected chi connectivity index (χ4v) is 3.27. The lowest BCUT2D eigenvalue weighted by molar-refractivity contribution is 0.619. The topological polar surface area (TPSA) is 29.3 Å². The van der Waals surface area contributed by atoms with Gasteiger partial charge in [0.1, 0.15) is 5.82 Å². The number of hydrogen-bond acceptors (Lipinski definition) is 3. The molecule has 0 radical (unpaired) electrons. The third kappa shape index (κ3) is 2.84. The van der Waals surface area contributed by atoms with Crippen LogP contribution >= 0.6 is 27.3 Å². The predicted octanol–water partition coefficient (Wildman–Crippen LogP) is 4.18. The van der Waals surface area contributed by atoms with Crippen molar-refractivity contribution in [3.05, 3.63) is 44.3 Å². The molecule has 0 spiro atoms. The van der Waals surface area contributed by atoms with Gasteiger partial charge in [-0.1, -0.05) is 0 Å². The lowest BCUT2D eigenvalue weighted by atomic mass is 10.1. The van der Waals surface area contributed by atoms with Crippen molar-refractivity contribution in [3.63, 3.8) is 0 Å². The smallest absolute Gasteiger partial charge is 0.128 e. The van der Waals surface area contributed by atoms with Crippen LogP contribution < -0.4 is 10.6 Å². The first-order valence-electron chi connectivity index (χ1n) is 5.47. The van der Waals surface area contributed by atoms with Gasteiger partial charge in [-0.25, -0.2) is 4.39 Å². The summed E-state index contributed by atoms with van der Waals surface area (Å²) in [5.41, 5.74) is 7.80. The van der Waals surface area contributed by atoms with Crippen LogP contribution in [0.25, 0.3) is 0 Å². The van der Waals surface area contributed by atoms with Crippen LogP contribution in [0.5, 0.6) is 0 Å². The molecule has 0 atom stereocenters. The molecule has 0 saturated heterocycles. The Morgan fingerprint density at radius 2 is 2.11 bits per heavy atom. The lowest BCUT2D eigenvalue weighted by Gasteiger charge is -2.21. The van der Waals surface area contributed by atoms with E-state index in [0.717, 1.165) is 16.7 Å². The largest absolute Gasteiger partial charge is 0.397 e. The Morgan fingerprint density at radius 1 is 1.39 bits per heavy atom. The predicted molar refractivity (Wildman–Crippen MR) is 79.7 cm³/mol. The highest BCUT2D eigenvalue weighted by Crippen LogP contribution is 2.28. The number of benzene rings is 1. The van der Waals surface area contributed by atoms with Crippen LogP contribution in [-0.4, -0.2) is 7.05 Å². The molecule has 5 heteroatoms. The summed E-state index contributed by atoms with van der Waals surface area (Å²) < 4.78 is 14.4. The second-order valence-corrected chi connectivity index (χ2v) is 6.16. The van der Waals surface area contributed by atoms with E-state index >= 15 is 0 Å². The number of rotatable bonds is 3. The summed E-state index contributed by atoms with van der Waals surface area (Å²) >= 11 is 5.11. The van der Waals surface area contributed by atoms with E-state index in [1.54, 1.807) is 24.3 Å². The van der Waals surface area contributed by atoms with Gasteiger partial charge >= 0.3 is 0 Å². The molecule has 2 rings (SSSR count). The van der Waals surface area contributed by atoms with Gasteiger partial charge in [0.15, 0.2) is 0 Å². The summed E-state index contributed by atoms with van der Waals surface area (Å²) in [5.74, 6) is -0.261. The third-order valence-corrected chi connectivity index (χ3v) is 4.42. The fourth-order valence-electron chi connectivity index (χ4n) is 1.77. The van der Waals surface area contributed by atoms with Crippen molar-refractivity contribution in [1.82, 2.24) is 0 Å². The molecule has 0 aliphatic rings. The molecule has 1 aromatic carbocycles. The van der Waals surface area contributed by atoms with Gasteiger partial charge in [-0.05, 0) is 46.6 Å². The van der Waals surface area contributed by atoms with Gasteiger partial charge in [-0.3, -0.25) is 0 Å². The van der Waals surface area contributed by atoms with Crippen molar-refractivity contribution in [2.75, 3.05) is 17.7 Å². The molecular formula is C13H14BrFN2S. The molecule has 18 heavy (non-hydrogen) atoms. The normalized spacial score (nSPS) is 10.7. The molecule has 0 saturated carbocycles. The minimum atomic E-state index is -0.261. The Morgan fingerprint density at radius 3 is 2.72 bits per heavy atom. The van der Waals surface area contributed by atoms with Crippen LogP contribution in [0.3, 0.4) is 0 Å². The number of nitrogens with two attached hydrogens (primary N) is 1. The van der Waals surface area contributed by atoms with Crippen LogP contribution in [0, 0.1) is 12.7 Å². The van der Waals surface area contributed by atoms with Gasteiger partial charge in [0.2, 0.25) is 0 Å². The molecular weight excluding hydrogens is 315 g/mol. The number of halogens is 2. The standard InChI is InChI=1S/C13H14BrFN2S/c1-8-3-13(12(16)5-11(8)15)17(2)6-10-4-9(14)7-18-10/h3-5,7H,6,16H2,1-2H3. The number of hydrogen-bond donors (Lipinski definition) is 1. The first-order valence-corrected chi connectivity index (χ1v) is 7.14. The highest BCUT2D eigenvalue weighted by Gasteiger charge is 2.10. The van der Waals surface area contributed by atoms with Gasteiger partial charge in [-0.15, -0.1) is 11.3 Å².